The molecule has 1 aliphatic heterocycles. The van der Waals surface area contributed by atoms with Crippen molar-refractivity contribution in [2.75, 3.05) is 19.7 Å². The summed E-state index contributed by atoms with van der Waals surface area (Å²) in [6.45, 7) is 2.03. The highest BCUT2D eigenvalue weighted by Crippen LogP contribution is 2.30. The molecular weight excluding hydrogens is 271 g/mol. The molecule has 1 saturated heterocycles. The SMILES string of the molecule is N#Cc1cc(OCC2CCCNC2)nc(C(F)(F)F)c1. The molecular formula is C13H14F3N3O. The lowest BCUT2D eigenvalue weighted by Crippen LogP contribution is -2.33. The van der Waals surface area contributed by atoms with Gasteiger partial charge in [-0.2, -0.15) is 18.4 Å². The van der Waals surface area contributed by atoms with Gasteiger partial charge in [0.15, 0.2) is 0 Å². The van der Waals surface area contributed by atoms with Crippen LogP contribution in [0.3, 0.4) is 0 Å². The van der Waals surface area contributed by atoms with Crippen molar-refractivity contribution in [3.8, 4) is 11.9 Å². The van der Waals surface area contributed by atoms with Gasteiger partial charge < -0.3 is 10.1 Å². The number of nitrogens with zero attached hydrogens (tertiary/aromatic N) is 2. The average Bonchev–Trinajstić information content (AvgIpc) is 2.45. The summed E-state index contributed by atoms with van der Waals surface area (Å²) >= 11 is 0. The molecule has 1 N–H and O–H groups in total. The monoisotopic (exact) mass is 285 g/mol. The number of alkyl halides is 3. The third-order valence-electron chi connectivity index (χ3n) is 3.09. The van der Waals surface area contributed by atoms with Gasteiger partial charge in [0, 0.05) is 18.5 Å². The quantitative estimate of drug-likeness (QED) is 0.926. The smallest absolute Gasteiger partial charge is 0.433 e. The van der Waals surface area contributed by atoms with Gasteiger partial charge >= 0.3 is 6.18 Å². The van der Waals surface area contributed by atoms with Crippen molar-refractivity contribution in [1.82, 2.24) is 10.3 Å². The summed E-state index contributed by atoms with van der Waals surface area (Å²) in [5.41, 5.74) is -1.21. The zero-order chi connectivity index (χ0) is 14.6. The lowest BCUT2D eigenvalue weighted by Gasteiger charge is -2.22. The lowest BCUT2D eigenvalue weighted by atomic mass is 10.0. The molecule has 4 nitrogen and oxygen atoms in total. The lowest BCUT2D eigenvalue weighted by molar-refractivity contribution is -0.141. The molecule has 2 heterocycles. The standard InChI is InChI=1S/C13H14F3N3O/c14-13(15,16)11-4-10(6-17)5-12(19-11)20-8-9-2-1-3-18-7-9/h4-5,9,18H,1-3,7-8H2. The van der Waals surface area contributed by atoms with Crippen molar-refractivity contribution in [2.24, 2.45) is 5.92 Å². The van der Waals surface area contributed by atoms with Crippen LogP contribution in [-0.2, 0) is 6.18 Å². The molecule has 0 radical (unpaired) electrons. The van der Waals surface area contributed by atoms with Gasteiger partial charge in [-0.15, -0.1) is 0 Å². The Hall–Kier alpha value is -1.81. The molecule has 0 amide bonds. The number of hydrogen-bond donors (Lipinski definition) is 1. The van der Waals surface area contributed by atoms with E-state index in [4.69, 9.17) is 10.00 Å². The number of nitriles is 1. The molecule has 7 heteroatoms. The van der Waals surface area contributed by atoms with E-state index in [1.54, 1.807) is 6.07 Å². The van der Waals surface area contributed by atoms with E-state index in [-0.39, 0.29) is 17.4 Å². The number of piperidine rings is 1. The molecule has 0 aromatic carbocycles. The van der Waals surface area contributed by atoms with Crippen molar-refractivity contribution in [1.29, 1.82) is 5.26 Å². The summed E-state index contributed by atoms with van der Waals surface area (Å²) < 4.78 is 43.2. The molecule has 0 aliphatic carbocycles. The summed E-state index contributed by atoms with van der Waals surface area (Å²) in [6, 6.07) is 3.63. The Morgan fingerprint density at radius 2 is 2.25 bits per heavy atom. The van der Waals surface area contributed by atoms with Crippen molar-refractivity contribution >= 4 is 0 Å². The fraction of sp³-hybridized carbons (Fsp3) is 0.538. The average molecular weight is 285 g/mol. The Morgan fingerprint density at radius 1 is 1.45 bits per heavy atom. The Morgan fingerprint density at radius 3 is 2.85 bits per heavy atom. The van der Waals surface area contributed by atoms with Gasteiger partial charge in [-0.1, -0.05) is 0 Å². The zero-order valence-corrected chi connectivity index (χ0v) is 10.7. The predicted octanol–water partition coefficient (Wildman–Crippen LogP) is 2.35. The second-order valence-corrected chi connectivity index (χ2v) is 4.71. The molecule has 0 bridgehead atoms. The number of halogens is 3. The van der Waals surface area contributed by atoms with Crippen LogP contribution in [0.4, 0.5) is 13.2 Å². The van der Waals surface area contributed by atoms with E-state index in [1.807, 2.05) is 0 Å². The summed E-state index contributed by atoms with van der Waals surface area (Å²) in [5, 5.41) is 12.0. The highest BCUT2D eigenvalue weighted by atomic mass is 19.4. The van der Waals surface area contributed by atoms with Gasteiger partial charge in [0.05, 0.1) is 18.2 Å². The molecule has 2 rings (SSSR count). The van der Waals surface area contributed by atoms with Gasteiger partial charge in [0.25, 0.3) is 0 Å². The van der Waals surface area contributed by atoms with Crippen molar-refractivity contribution in [2.45, 2.75) is 19.0 Å². The van der Waals surface area contributed by atoms with Crippen molar-refractivity contribution < 1.29 is 17.9 Å². The molecule has 1 aromatic heterocycles. The Balaban J connectivity index is 2.08. The summed E-state index contributed by atoms with van der Waals surface area (Å²) in [7, 11) is 0. The number of aromatic nitrogens is 1. The van der Waals surface area contributed by atoms with E-state index in [0.29, 0.717) is 6.61 Å². The van der Waals surface area contributed by atoms with Crippen LogP contribution >= 0.6 is 0 Å². The first kappa shape index (κ1) is 14.6. The van der Waals surface area contributed by atoms with Gasteiger partial charge in [0.2, 0.25) is 5.88 Å². The maximum atomic E-state index is 12.6. The highest BCUT2D eigenvalue weighted by molar-refractivity contribution is 5.35. The number of rotatable bonds is 3. The van der Waals surface area contributed by atoms with E-state index in [0.717, 1.165) is 32.0 Å². The molecule has 1 aliphatic rings. The van der Waals surface area contributed by atoms with Crippen LogP contribution in [0.2, 0.25) is 0 Å². The van der Waals surface area contributed by atoms with Gasteiger partial charge in [0.1, 0.15) is 5.69 Å². The minimum absolute atomic E-state index is 0.107. The first-order valence-corrected chi connectivity index (χ1v) is 6.32. The van der Waals surface area contributed by atoms with Crippen LogP contribution < -0.4 is 10.1 Å². The number of pyridine rings is 1. The summed E-state index contributed by atoms with van der Waals surface area (Å²) in [5.74, 6) is 0.104. The molecule has 20 heavy (non-hydrogen) atoms. The van der Waals surface area contributed by atoms with Gasteiger partial charge in [-0.3, -0.25) is 0 Å². The first-order chi connectivity index (χ1) is 9.49. The molecule has 1 atom stereocenters. The van der Waals surface area contributed by atoms with Crippen LogP contribution in [-0.4, -0.2) is 24.7 Å². The second-order valence-electron chi connectivity index (χ2n) is 4.71. The largest absolute Gasteiger partial charge is 0.477 e. The molecule has 1 aromatic rings. The minimum atomic E-state index is -4.59. The normalized spacial score (nSPS) is 19.4. The van der Waals surface area contributed by atoms with Crippen molar-refractivity contribution in [3.05, 3.63) is 23.4 Å². The summed E-state index contributed by atoms with van der Waals surface area (Å²) in [6.07, 6.45) is -2.60. The van der Waals surface area contributed by atoms with E-state index in [9.17, 15) is 13.2 Å². The molecule has 0 spiro atoms. The third-order valence-corrected chi connectivity index (χ3v) is 3.09. The number of hydrogen-bond acceptors (Lipinski definition) is 4. The Labute approximate surface area is 114 Å². The number of ether oxygens (including phenoxy) is 1. The topological polar surface area (TPSA) is 57.9 Å². The zero-order valence-electron chi connectivity index (χ0n) is 10.7. The van der Waals surface area contributed by atoms with E-state index in [2.05, 4.69) is 10.3 Å². The fourth-order valence-corrected chi connectivity index (χ4v) is 2.06. The molecule has 108 valence electrons. The molecule has 1 fully saturated rings. The minimum Gasteiger partial charge on any atom is -0.477 e. The highest BCUT2D eigenvalue weighted by Gasteiger charge is 2.33. The fourth-order valence-electron chi connectivity index (χ4n) is 2.06. The third kappa shape index (κ3) is 3.84. The van der Waals surface area contributed by atoms with E-state index >= 15 is 0 Å². The van der Waals surface area contributed by atoms with Gasteiger partial charge in [-0.25, -0.2) is 4.98 Å². The van der Waals surface area contributed by atoms with E-state index in [1.165, 1.54) is 6.07 Å². The Kier molecular flexibility index (Phi) is 4.45. The van der Waals surface area contributed by atoms with E-state index < -0.39 is 11.9 Å². The van der Waals surface area contributed by atoms with Crippen LogP contribution in [0.15, 0.2) is 12.1 Å². The predicted molar refractivity (Wildman–Crippen MR) is 65.0 cm³/mol. The van der Waals surface area contributed by atoms with Crippen LogP contribution in [0.5, 0.6) is 5.88 Å². The van der Waals surface area contributed by atoms with Crippen LogP contribution in [0.25, 0.3) is 0 Å². The van der Waals surface area contributed by atoms with Crippen LogP contribution in [0, 0.1) is 17.2 Å². The van der Waals surface area contributed by atoms with Crippen LogP contribution in [0.1, 0.15) is 24.1 Å². The maximum Gasteiger partial charge on any atom is 0.433 e. The second kappa shape index (κ2) is 6.09. The Bertz CT molecular complexity index is 505. The first-order valence-electron chi connectivity index (χ1n) is 6.32. The number of nitrogens with one attached hydrogen (secondary N) is 1. The molecule has 0 saturated carbocycles. The van der Waals surface area contributed by atoms with Gasteiger partial charge in [-0.05, 0) is 25.5 Å². The van der Waals surface area contributed by atoms with Crippen molar-refractivity contribution in [3.63, 3.8) is 0 Å². The maximum absolute atomic E-state index is 12.6. The summed E-state index contributed by atoms with van der Waals surface area (Å²) in [4.78, 5) is 3.42. The molecule has 1 unspecified atom stereocenters.